The SMILES string of the molecule is CCC(C)(O)CNC(=O)C1(N)CCOC1. The predicted molar refractivity (Wildman–Crippen MR) is 56.3 cm³/mol. The highest BCUT2D eigenvalue weighted by molar-refractivity contribution is 5.86. The molecular weight excluding hydrogens is 196 g/mol. The number of nitrogens with two attached hydrogens (primary N) is 1. The first kappa shape index (κ1) is 12.4. The molecule has 15 heavy (non-hydrogen) atoms. The van der Waals surface area contributed by atoms with Crippen LogP contribution in [-0.4, -0.2) is 41.9 Å². The van der Waals surface area contributed by atoms with Gasteiger partial charge in [-0.3, -0.25) is 4.79 Å². The molecule has 2 atom stereocenters. The molecule has 0 saturated carbocycles. The molecule has 1 aliphatic rings. The molecule has 1 amide bonds. The molecule has 1 fully saturated rings. The van der Waals surface area contributed by atoms with Crippen LogP contribution in [0, 0.1) is 0 Å². The van der Waals surface area contributed by atoms with Gasteiger partial charge in [-0.15, -0.1) is 0 Å². The van der Waals surface area contributed by atoms with Crippen molar-refractivity contribution in [3.8, 4) is 0 Å². The van der Waals surface area contributed by atoms with Gasteiger partial charge < -0.3 is 20.9 Å². The van der Waals surface area contributed by atoms with E-state index in [1.807, 2.05) is 6.92 Å². The fraction of sp³-hybridized carbons (Fsp3) is 0.900. The van der Waals surface area contributed by atoms with E-state index in [1.165, 1.54) is 0 Å². The van der Waals surface area contributed by atoms with Crippen LogP contribution in [0.4, 0.5) is 0 Å². The van der Waals surface area contributed by atoms with Crippen molar-refractivity contribution in [2.75, 3.05) is 19.8 Å². The van der Waals surface area contributed by atoms with Gasteiger partial charge in [0.2, 0.25) is 5.91 Å². The Hall–Kier alpha value is -0.650. The molecule has 2 unspecified atom stereocenters. The molecule has 5 heteroatoms. The number of ether oxygens (including phenoxy) is 1. The summed E-state index contributed by atoms with van der Waals surface area (Å²) in [7, 11) is 0. The van der Waals surface area contributed by atoms with Crippen molar-refractivity contribution < 1.29 is 14.6 Å². The number of rotatable bonds is 4. The lowest BCUT2D eigenvalue weighted by Crippen LogP contribution is -2.56. The number of hydrogen-bond acceptors (Lipinski definition) is 4. The topological polar surface area (TPSA) is 84.6 Å². The highest BCUT2D eigenvalue weighted by Crippen LogP contribution is 2.16. The van der Waals surface area contributed by atoms with Crippen molar-refractivity contribution >= 4 is 5.91 Å². The first-order chi connectivity index (χ1) is 6.90. The Bertz CT molecular complexity index is 235. The fourth-order valence-electron chi connectivity index (χ4n) is 1.33. The average Bonchev–Trinajstić information content (AvgIpc) is 2.63. The highest BCUT2D eigenvalue weighted by atomic mass is 16.5. The number of carbonyl (C=O) groups is 1. The standard InChI is InChI=1S/C10H20N2O3/c1-3-9(2,14)6-12-8(13)10(11)4-5-15-7-10/h14H,3-7,11H2,1-2H3,(H,12,13). The Balaban J connectivity index is 2.42. The van der Waals surface area contributed by atoms with Crippen LogP contribution in [0.5, 0.6) is 0 Å². The highest BCUT2D eigenvalue weighted by Gasteiger charge is 2.38. The molecule has 0 aromatic heterocycles. The molecule has 4 N–H and O–H groups in total. The summed E-state index contributed by atoms with van der Waals surface area (Å²) in [6.07, 6.45) is 1.12. The number of aliphatic hydroxyl groups is 1. The molecule has 88 valence electrons. The molecule has 0 radical (unpaired) electrons. The lowest BCUT2D eigenvalue weighted by Gasteiger charge is -2.26. The Kier molecular flexibility index (Phi) is 3.70. The van der Waals surface area contributed by atoms with Gasteiger partial charge >= 0.3 is 0 Å². The number of amides is 1. The van der Waals surface area contributed by atoms with Crippen LogP contribution in [-0.2, 0) is 9.53 Å². The molecule has 1 aliphatic heterocycles. The van der Waals surface area contributed by atoms with Crippen molar-refractivity contribution in [2.45, 2.75) is 37.8 Å². The van der Waals surface area contributed by atoms with Crippen molar-refractivity contribution in [2.24, 2.45) is 5.73 Å². The first-order valence-electron chi connectivity index (χ1n) is 5.27. The summed E-state index contributed by atoms with van der Waals surface area (Å²) >= 11 is 0. The van der Waals surface area contributed by atoms with E-state index < -0.39 is 11.1 Å². The Morgan fingerprint density at radius 3 is 2.87 bits per heavy atom. The van der Waals surface area contributed by atoms with Gasteiger partial charge in [-0.25, -0.2) is 0 Å². The summed E-state index contributed by atoms with van der Waals surface area (Å²) in [5, 5.41) is 12.4. The zero-order valence-electron chi connectivity index (χ0n) is 9.38. The van der Waals surface area contributed by atoms with E-state index in [9.17, 15) is 9.90 Å². The molecule has 0 bridgehead atoms. The quantitative estimate of drug-likeness (QED) is 0.585. The first-order valence-corrected chi connectivity index (χ1v) is 5.27. The molecule has 0 aromatic carbocycles. The Morgan fingerprint density at radius 1 is 1.73 bits per heavy atom. The second-order valence-electron chi connectivity index (χ2n) is 4.49. The normalized spacial score (nSPS) is 29.9. The Morgan fingerprint density at radius 2 is 2.40 bits per heavy atom. The zero-order chi connectivity index (χ0) is 11.5. The second-order valence-corrected chi connectivity index (χ2v) is 4.49. The van der Waals surface area contributed by atoms with Crippen LogP contribution in [0.3, 0.4) is 0 Å². The van der Waals surface area contributed by atoms with E-state index in [-0.39, 0.29) is 19.1 Å². The third kappa shape index (κ3) is 3.15. The smallest absolute Gasteiger partial charge is 0.242 e. The molecule has 0 aliphatic carbocycles. The fourth-order valence-corrected chi connectivity index (χ4v) is 1.33. The summed E-state index contributed by atoms with van der Waals surface area (Å²) in [6, 6.07) is 0. The van der Waals surface area contributed by atoms with Crippen LogP contribution >= 0.6 is 0 Å². The summed E-state index contributed by atoms with van der Waals surface area (Å²) in [5.41, 5.74) is 4.07. The third-order valence-electron chi connectivity index (χ3n) is 2.90. The van der Waals surface area contributed by atoms with Gasteiger partial charge in [0.25, 0.3) is 0 Å². The zero-order valence-corrected chi connectivity index (χ0v) is 9.38. The number of hydrogen-bond donors (Lipinski definition) is 3. The van der Waals surface area contributed by atoms with Crippen molar-refractivity contribution in [1.82, 2.24) is 5.32 Å². The number of carbonyl (C=O) groups excluding carboxylic acids is 1. The minimum absolute atomic E-state index is 0.223. The molecule has 5 nitrogen and oxygen atoms in total. The van der Waals surface area contributed by atoms with Crippen LogP contribution in [0.2, 0.25) is 0 Å². The Labute approximate surface area is 90.0 Å². The summed E-state index contributed by atoms with van der Waals surface area (Å²) in [6.45, 7) is 4.55. The third-order valence-corrected chi connectivity index (χ3v) is 2.90. The van der Waals surface area contributed by atoms with E-state index in [1.54, 1.807) is 6.92 Å². The molecular formula is C10H20N2O3. The minimum Gasteiger partial charge on any atom is -0.388 e. The monoisotopic (exact) mass is 216 g/mol. The van der Waals surface area contributed by atoms with Gasteiger partial charge in [-0.1, -0.05) is 6.92 Å². The molecule has 1 rings (SSSR count). The van der Waals surface area contributed by atoms with Gasteiger partial charge in [-0.2, -0.15) is 0 Å². The maximum Gasteiger partial charge on any atom is 0.242 e. The molecule has 0 spiro atoms. The van der Waals surface area contributed by atoms with E-state index in [4.69, 9.17) is 10.5 Å². The van der Waals surface area contributed by atoms with Crippen LogP contribution in [0.25, 0.3) is 0 Å². The molecule has 0 aromatic rings. The lowest BCUT2D eigenvalue weighted by molar-refractivity contribution is -0.127. The van der Waals surface area contributed by atoms with Gasteiger partial charge in [0, 0.05) is 13.2 Å². The van der Waals surface area contributed by atoms with Crippen LogP contribution in [0.1, 0.15) is 26.7 Å². The van der Waals surface area contributed by atoms with Gasteiger partial charge in [0.05, 0.1) is 12.2 Å². The van der Waals surface area contributed by atoms with Crippen LogP contribution < -0.4 is 11.1 Å². The largest absolute Gasteiger partial charge is 0.388 e. The van der Waals surface area contributed by atoms with E-state index in [0.717, 1.165) is 0 Å². The van der Waals surface area contributed by atoms with E-state index >= 15 is 0 Å². The van der Waals surface area contributed by atoms with Gasteiger partial charge in [-0.05, 0) is 19.8 Å². The average molecular weight is 216 g/mol. The number of nitrogens with one attached hydrogen (secondary N) is 1. The van der Waals surface area contributed by atoms with Crippen molar-refractivity contribution in [3.63, 3.8) is 0 Å². The lowest BCUT2D eigenvalue weighted by atomic mass is 9.98. The summed E-state index contributed by atoms with van der Waals surface area (Å²) in [5.74, 6) is -0.242. The predicted octanol–water partition coefficient (Wildman–Crippen LogP) is -0.619. The molecule has 1 heterocycles. The summed E-state index contributed by atoms with van der Waals surface area (Å²) in [4.78, 5) is 11.7. The van der Waals surface area contributed by atoms with Crippen LogP contribution in [0.15, 0.2) is 0 Å². The van der Waals surface area contributed by atoms with Crippen molar-refractivity contribution in [3.05, 3.63) is 0 Å². The maximum absolute atomic E-state index is 11.7. The molecule has 1 saturated heterocycles. The van der Waals surface area contributed by atoms with E-state index in [2.05, 4.69) is 5.32 Å². The van der Waals surface area contributed by atoms with Gasteiger partial charge in [0.1, 0.15) is 5.54 Å². The summed E-state index contributed by atoms with van der Waals surface area (Å²) < 4.78 is 5.09. The van der Waals surface area contributed by atoms with E-state index in [0.29, 0.717) is 19.4 Å². The minimum atomic E-state index is -0.913. The maximum atomic E-state index is 11.7. The second kappa shape index (κ2) is 4.47. The van der Waals surface area contributed by atoms with Crippen molar-refractivity contribution in [1.29, 1.82) is 0 Å². The van der Waals surface area contributed by atoms with Gasteiger partial charge in [0.15, 0.2) is 0 Å².